The summed E-state index contributed by atoms with van der Waals surface area (Å²) < 4.78 is 49.3. The second-order valence-corrected chi connectivity index (χ2v) is 25.9. The Morgan fingerprint density at radius 2 is 1.39 bits per heavy atom. The Balaban J connectivity index is 0.000000218. The van der Waals surface area contributed by atoms with Crippen molar-refractivity contribution in [1.82, 2.24) is 9.97 Å². The predicted octanol–water partition coefficient (Wildman–Crippen LogP) is 12.8. The molecule has 3 aromatic heterocycles. The van der Waals surface area contributed by atoms with Crippen LogP contribution in [-0.4, -0.2) is 23.2 Å². The number of pyridine rings is 2. The Morgan fingerprint density at radius 3 is 2.06 bits per heavy atom. The van der Waals surface area contributed by atoms with Crippen molar-refractivity contribution in [3.63, 3.8) is 0 Å². The maximum Gasteiger partial charge on any atom is 0 e. The number of benzene rings is 5. The minimum absolute atomic E-state index is 0. The van der Waals surface area contributed by atoms with E-state index in [0.29, 0.717) is 16.8 Å². The van der Waals surface area contributed by atoms with E-state index >= 15 is 0 Å². The fraction of sp³-hybridized carbons (Fsp3) is 0.184. The molecule has 0 bridgehead atoms. The van der Waals surface area contributed by atoms with Crippen LogP contribution < -0.4 is 4.40 Å². The third kappa shape index (κ3) is 8.84. The summed E-state index contributed by atoms with van der Waals surface area (Å²) in [6, 6.07) is 48.9. The van der Waals surface area contributed by atoms with Gasteiger partial charge in [0, 0.05) is 38.5 Å². The molecule has 0 N–H and O–H groups in total. The molecule has 0 unspecified atom stereocenters. The van der Waals surface area contributed by atoms with Crippen LogP contribution in [0.5, 0.6) is 0 Å². The van der Waals surface area contributed by atoms with E-state index in [1.54, 1.807) is 32.9 Å². The van der Waals surface area contributed by atoms with Gasteiger partial charge in [-0.1, -0.05) is 85.8 Å². The van der Waals surface area contributed by atoms with Gasteiger partial charge in [0.1, 0.15) is 5.58 Å². The first kappa shape index (κ1) is 32.8. The third-order valence-corrected chi connectivity index (χ3v) is 13.3. The van der Waals surface area contributed by atoms with Crippen LogP contribution in [0.2, 0.25) is 17.3 Å². The van der Waals surface area contributed by atoms with Crippen LogP contribution in [0.15, 0.2) is 144 Å². The van der Waals surface area contributed by atoms with Gasteiger partial charge >= 0.3 is 135 Å². The summed E-state index contributed by atoms with van der Waals surface area (Å²) in [5, 5.41) is 1.84. The Hall–Kier alpha value is -4.61. The molecule has 0 saturated heterocycles. The van der Waals surface area contributed by atoms with Crippen molar-refractivity contribution in [2.45, 2.75) is 51.3 Å². The molecule has 0 saturated carbocycles. The molecule has 0 aliphatic rings. The van der Waals surface area contributed by atoms with Crippen LogP contribution >= 0.6 is 0 Å². The van der Waals surface area contributed by atoms with Crippen molar-refractivity contribution in [3.8, 4) is 44.8 Å². The molecule has 0 spiro atoms. The monoisotopic (exact) mass is 950 g/mol. The zero-order valence-corrected chi connectivity index (χ0v) is 35.9. The first-order valence-electron chi connectivity index (χ1n) is 20.4. The summed E-state index contributed by atoms with van der Waals surface area (Å²) in [6.07, 6.45) is 1.41. The van der Waals surface area contributed by atoms with Gasteiger partial charge < -0.3 is 9.40 Å². The largest absolute Gasteiger partial charge is 0 e. The normalized spacial score (nSPS) is 13.4. The number of aromatic nitrogens is 2. The van der Waals surface area contributed by atoms with E-state index in [-0.39, 0.29) is 31.2 Å². The molecule has 5 aromatic carbocycles. The average molecular weight is 949 g/mol. The van der Waals surface area contributed by atoms with Gasteiger partial charge in [-0.25, -0.2) is 0 Å². The van der Waals surface area contributed by atoms with Crippen molar-refractivity contribution in [3.05, 3.63) is 163 Å². The van der Waals surface area contributed by atoms with Crippen molar-refractivity contribution < 1.29 is 31.4 Å². The predicted molar refractivity (Wildman–Crippen MR) is 226 cm³/mol. The van der Waals surface area contributed by atoms with Crippen molar-refractivity contribution in [2.24, 2.45) is 5.41 Å². The number of rotatable bonds is 6. The van der Waals surface area contributed by atoms with E-state index < -0.39 is 31.9 Å². The molecule has 273 valence electrons. The SMILES string of the molecule is [2H]C([2H])([2H])c1cnc(-c2[c-]ccc3c2oc2cc(-c4ccccc4)ccc23)cc1C([2H])([2H])C(C)(C)C.[CH3][Ge]([CH3])([CH3])[c]1ccc(-c2[c-]cccc2-c2ccccc2)nc1.[Ir]. The van der Waals surface area contributed by atoms with E-state index in [0.717, 1.165) is 38.7 Å². The van der Waals surface area contributed by atoms with E-state index in [9.17, 15) is 0 Å². The molecule has 8 aromatic rings. The molecule has 0 aliphatic carbocycles. The Bertz CT molecular complexity index is 2700. The van der Waals surface area contributed by atoms with Crippen LogP contribution in [-0.2, 0) is 26.5 Å². The maximum atomic E-state index is 8.81. The van der Waals surface area contributed by atoms with E-state index in [2.05, 4.69) is 89.1 Å². The van der Waals surface area contributed by atoms with E-state index in [1.165, 1.54) is 21.7 Å². The van der Waals surface area contributed by atoms with Crippen LogP contribution in [0.1, 0.15) is 38.8 Å². The average Bonchev–Trinajstić information content (AvgIpc) is 3.59. The first-order chi connectivity index (χ1) is 27.4. The number of fused-ring (bicyclic) bond motifs is 3. The molecule has 54 heavy (non-hydrogen) atoms. The first-order valence-corrected chi connectivity index (χ1v) is 25.2. The maximum absolute atomic E-state index is 8.81. The topological polar surface area (TPSA) is 38.9 Å². The summed E-state index contributed by atoms with van der Waals surface area (Å²) in [5.41, 5.74) is 8.03. The zero-order valence-electron chi connectivity index (χ0n) is 36.4. The number of hydrogen-bond donors (Lipinski definition) is 0. The molecule has 8 rings (SSSR count). The number of nitrogens with zero attached hydrogens (tertiary/aromatic N) is 2. The zero-order chi connectivity index (χ0) is 41.5. The molecule has 1 radical (unpaired) electrons. The van der Waals surface area contributed by atoms with Crippen molar-refractivity contribution in [1.29, 1.82) is 0 Å². The van der Waals surface area contributed by atoms with Gasteiger partial charge in [-0.2, -0.15) is 0 Å². The minimum Gasteiger partial charge on any atom is 0 e. The summed E-state index contributed by atoms with van der Waals surface area (Å²) in [4.78, 5) is 9.16. The molecular weight excluding hydrogens is 897 g/mol. The van der Waals surface area contributed by atoms with Gasteiger partial charge in [0.15, 0.2) is 0 Å². The molecule has 0 amide bonds. The number of furan rings is 1. The second kappa shape index (κ2) is 16.4. The van der Waals surface area contributed by atoms with Gasteiger partial charge in [0.25, 0.3) is 0 Å². The van der Waals surface area contributed by atoms with Crippen LogP contribution in [0.3, 0.4) is 0 Å². The Morgan fingerprint density at radius 1 is 0.685 bits per heavy atom. The summed E-state index contributed by atoms with van der Waals surface area (Å²) in [7, 11) is 0. The molecular formula is C49H46GeIrN2O-2. The van der Waals surface area contributed by atoms with Crippen molar-refractivity contribution >= 4 is 39.6 Å². The fourth-order valence-electron chi connectivity index (χ4n) is 6.33. The van der Waals surface area contributed by atoms with Gasteiger partial charge in [-0.3, -0.25) is 0 Å². The van der Waals surface area contributed by atoms with Gasteiger partial charge in [0.05, 0.1) is 5.58 Å². The molecule has 0 fully saturated rings. The van der Waals surface area contributed by atoms with Gasteiger partial charge in [-0.05, 0) is 47.1 Å². The summed E-state index contributed by atoms with van der Waals surface area (Å²) in [6.45, 7) is 2.77. The summed E-state index contributed by atoms with van der Waals surface area (Å²) in [5.74, 6) is 7.17. The third-order valence-electron chi connectivity index (χ3n) is 9.04. The summed E-state index contributed by atoms with van der Waals surface area (Å²) >= 11 is -1.81. The van der Waals surface area contributed by atoms with Gasteiger partial charge in [0.2, 0.25) is 0 Å². The molecule has 5 heteroatoms. The minimum atomic E-state index is -2.50. The second-order valence-electron chi connectivity index (χ2n) is 15.3. The van der Waals surface area contributed by atoms with E-state index in [4.69, 9.17) is 16.3 Å². The molecule has 0 atom stereocenters. The number of aryl methyl sites for hydroxylation is 1. The van der Waals surface area contributed by atoms with Crippen LogP contribution in [0.4, 0.5) is 0 Å². The smallest absolute Gasteiger partial charge is 0 e. The molecule has 3 heterocycles. The van der Waals surface area contributed by atoms with Gasteiger partial charge in [-0.15, -0.1) is 18.2 Å². The standard InChI is InChI=1S/C29H26NO.C20H20GeN.Ir/c1-19-18-30-26(15-22(19)17-29(2,3)4)25-12-8-11-24-23-14-13-21(16-27(23)31-28(24)25)20-9-6-5-7-10-20;1-21(2,3)17-13-14-20(22-15-17)19-12-8-7-11-18(19)16-9-5-4-6-10-16;/h5-11,13-16,18H,17H2,1-4H3;4-11,13-15H,1-3H3;/q2*-1;/i1D3,17D2;;. The van der Waals surface area contributed by atoms with Crippen LogP contribution in [0.25, 0.3) is 66.7 Å². The molecule has 0 aliphatic heterocycles. The Kier molecular flexibility index (Phi) is 9.96. The van der Waals surface area contributed by atoms with E-state index in [1.807, 2.05) is 66.7 Å². The number of hydrogen-bond acceptors (Lipinski definition) is 3. The Labute approximate surface area is 343 Å². The fourth-order valence-corrected chi connectivity index (χ4v) is 8.51. The molecule has 3 nitrogen and oxygen atoms in total. The van der Waals surface area contributed by atoms with Crippen molar-refractivity contribution in [2.75, 3.05) is 0 Å². The quantitative estimate of drug-likeness (QED) is 0.123. The van der Waals surface area contributed by atoms with Crippen LogP contribution in [0, 0.1) is 24.4 Å².